The molecular weight excluding hydrogens is 458 g/mol. The summed E-state index contributed by atoms with van der Waals surface area (Å²) in [5.41, 5.74) is 0. The molecule has 0 radical (unpaired) electrons. The number of rotatable bonds is 6. The van der Waals surface area contributed by atoms with Gasteiger partial charge in [-0.3, -0.25) is 4.79 Å². The van der Waals surface area contributed by atoms with E-state index in [1.54, 1.807) is 4.90 Å². The fourth-order valence-electron chi connectivity index (χ4n) is 3.36. The van der Waals surface area contributed by atoms with Crippen LogP contribution in [-0.4, -0.2) is 43.2 Å². The van der Waals surface area contributed by atoms with E-state index in [1.807, 2.05) is 19.1 Å². The van der Waals surface area contributed by atoms with Gasteiger partial charge in [0.15, 0.2) is 0 Å². The first-order valence-corrected chi connectivity index (χ1v) is 12.2. The van der Waals surface area contributed by atoms with Gasteiger partial charge in [0.25, 0.3) is 0 Å². The molecule has 1 aromatic heterocycles. The Morgan fingerprint density at radius 2 is 1.93 bits per heavy atom. The minimum Gasteiger partial charge on any atom is -0.338 e. The van der Waals surface area contributed by atoms with Crippen LogP contribution in [0.3, 0.4) is 0 Å². The summed E-state index contributed by atoms with van der Waals surface area (Å²) in [4.78, 5) is 15.7. The monoisotopic (exact) mass is 478 g/mol. The molecule has 3 rings (SSSR count). The zero-order valence-electron chi connectivity index (χ0n) is 15.8. The highest BCUT2D eigenvalue weighted by molar-refractivity contribution is 7.89. The van der Waals surface area contributed by atoms with Crippen molar-refractivity contribution in [3.8, 4) is 0 Å². The number of halogens is 3. The van der Waals surface area contributed by atoms with Gasteiger partial charge < -0.3 is 4.90 Å². The van der Waals surface area contributed by atoms with Crippen LogP contribution < -0.4 is 0 Å². The zero-order valence-corrected chi connectivity index (χ0v) is 18.9. The summed E-state index contributed by atoms with van der Waals surface area (Å²) >= 11 is 13.1. The minimum absolute atomic E-state index is 0.0268. The maximum absolute atomic E-state index is 13.3. The summed E-state index contributed by atoms with van der Waals surface area (Å²) in [6.45, 7) is 3.46. The average molecular weight is 479 g/mol. The van der Waals surface area contributed by atoms with Gasteiger partial charge in [0.1, 0.15) is 5.82 Å². The number of amides is 1. The van der Waals surface area contributed by atoms with Crippen molar-refractivity contribution in [3.63, 3.8) is 0 Å². The standard InChI is InChI=1S/C19H21Cl2FN2O3S2/c1-2-23(12-14-3-6-18(21)28-14)19(25)13-7-9-24(10-8-13)29(26,27)15-4-5-17(22)16(20)11-15/h3-6,11,13H,2,7-10,12H2,1H3. The Hall–Kier alpha value is -1.19. The van der Waals surface area contributed by atoms with Gasteiger partial charge in [-0.05, 0) is 50.1 Å². The Labute approximate surface area is 184 Å². The van der Waals surface area contributed by atoms with Gasteiger partial charge in [0.05, 0.1) is 20.8 Å². The van der Waals surface area contributed by atoms with Crippen molar-refractivity contribution in [1.82, 2.24) is 9.21 Å². The Kier molecular flexibility index (Phi) is 7.22. The van der Waals surface area contributed by atoms with E-state index in [9.17, 15) is 17.6 Å². The van der Waals surface area contributed by atoms with E-state index in [1.165, 1.54) is 21.7 Å². The Morgan fingerprint density at radius 3 is 2.48 bits per heavy atom. The largest absolute Gasteiger partial charge is 0.338 e. The topological polar surface area (TPSA) is 57.7 Å². The van der Waals surface area contributed by atoms with Crippen LogP contribution in [0.15, 0.2) is 35.2 Å². The number of piperidine rings is 1. The van der Waals surface area contributed by atoms with Gasteiger partial charge in [0, 0.05) is 30.4 Å². The van der Waals surface area contributed by atoms with E-state index in [4.69, 9.17) is 23.2 Å². The normalized spacial score (nSPS) is 16.1. The molecule has 2 heterocycles. The van der Waals surface area contributed by atoms with E-state index < -0.39 is 15.8 Å². The smallest absolute Gasteiger partial charge is 0.243 e. The lowest BCUT2D eigenvalue weighted by Gasteiger charge is -2.33. The molecule has 1 aliphatic heterocycles. The van der Waals surface area contributed by atoms with Crippen molar-refractivity contribution < 1.29 is 17.6 Å². The van der Waals surface area contributed by atoms with E-state index in [0.29, 0.717) is 30.3 Å². The number of benzene rings is 1. The molecule has 158 valence electrons. The first-order chi connectivity index (χ1) is 13.7. The second-order valence-corrected chi connectivity index (χ2v) is 11.0. The van der Waals surface area contributed by atoms with Crippen molar-refractivity contribution in [1.29, 1.82) is 0 Å². The van der Waals surface area contributed by atoms with Crippen LogP contribution >= 0.6 is 34.5 Å². The lowest BCUT2D eigenvalue weighted by Crippen LogP contribution is -2.44. The molecule has 10 heteroatoms. The molecule has 1 saturated heterocycles. The van der Waals surface area contributed by atoms with Gasteiger partial charge in [-0.25, -0.2) is 12.8 Å². The average Bonchev–Trinajstić information content (AvgIpc) is 3.12. The molecule has 2 aromatic rings. The number of hydrogen-bond donors (Lipinski definition) is 0. The van der Waals surface area contributed by atoms with E-state index >= 15 is 0 Å². The van der Waals surface area contributed by atoms with Gasteiger partial charge in [-0.15, -0.1) is 11.3 Å². The van der Waals surface area contributed by atoms with Crippen molar-refractivity contribution in [2.45, 2.75) is 31.2 Å². The SMILES string of the molecule is CCN(Cc1ccc(Cl)s1)C(=O)C1CCN(S(=O)(=O)c2ccc(F)c(Cl)c2)CC1. The number of sulfonamides is 1. The third-order valence-electron chi connectivity index (χ3n) is 5.00. The molecule has 0 atom stereocenters. The van der Waals surface area contributed by atoms with Gasteiger partial charge >= 0.3 is 0 Å². The summed E-state index contributed by atoms with van der Waals surface area (Å²) in [5.74, 6) is -0.867. The highest BCUT2D eigenvalue weighted by Crippen LogP contribution is 2.28. The van der Waals surface area contributed by atoms with Crippen molar-refractivity contribution in [2.75, 3.05) is 19.6 Å². The molecule has 0 unspecified atom stereocenters. The number of hydrogen-bond acceptors (Lipinski definition) is 4. The first kappa shape index (κ1) is 22.5. The highest BCUT2D eigenvalue weighted by atomic mass is 35.5. The van der Waals surface area contributed by atoms with Crippen molar-refractivity contribution >= 4 is 50.5 Å². The predicted octanol–water partition coefficient (Wildman–Crippen LogP) is 4.64. The van der Waals surface area contributed by atoms with Gasteiger partial charge in [-0.1, -0.05) is 23.2 Å². The maximum atomic E-state index is 13.3. The van der Waals surface area contributed by atoms with E-state index in [0.717, 1.165) is 17.0 Å². The van der Waals surface area contributed by atoms with Crippen molar-refractivity contribution in [2.24, 2.45) is 5.92 Å². The number of nitrogens with zero attached hydrogens (tertiary/aromatic N) is 2. The lowest BCUT2D eigenvalue weighted by molar-refractivity contribution is -0.137. The minimum atomic E-state index is -3.78. The number of thiophene rings is 1. The fraction of sp³-hybridized carbons (Fsp3) is 0.421. The second kappa shape index (κ2) is 9.31. The highest BCUT2D eigenvalue weighted by Gasteiger charge is 2.34. The Balaban J connectivity index is 1.64. The number of carbonyl (C=O) groups excluding carboxylic acids is 1. The fourth-order valence-corrected chi connectivity index (χ4v) is 6.20. The molecule has 0 aliphatic carbocycles. The molecule has 5 nitrogen and oxygen atoms in total. The maximum Gasteiger partial charge on any atom is 0.243 e. The van der Waals surface area contributed by atoms with Crippen LogP contribution in [0.1, 0.15) is 24.6 Å². The zero-order chi connectivity index (χ0) is 21.2. The third-order valence-corrected chi connectivity index (χ3v) is 8.40. The number of carbonyl (C=O) groups is 1. The molecule has 0 saturated carbocycles. The predicted molar refractivity (Wildman–Crippen MR) is 113 cm³/mol. The molecule has 0 N–H and O–H groups in total. The molecule has 1 aromatic carbocycles. The molecule has 1 amide bonds. The summed E-state index contributed by atoms with van der Waals surface area (Å²) in [7, 11) is -3.78. The molecule has 0 spiro atoms. The summed E-state index contributed by atoms with van der Waals surface area (Å²) in [6.07, 6.45) is 0.878. The summed E-state index contributed by atoms with van der Waals surface area (Å²) in [5, 5.41) is -0.233. The van der Waals surface area contributed by atoms with Crippen molar-refractivity contribution in [3.05, 3.63) is 50.4 Å². The summed E-state index contributed by atoms with van der Waals surface area (Å²) in [6, 6.07) is 7.09. The van der Waals surface area contributed by atoms with Gasteiger partial charge in [0.2, 0.25) is 15.9 Å². The Morgan fingerprint density at radius 1 is 1.24 bits per heavy atom. The quantitative estimate of drug-likeness (QED) is 0.607. The third kappa shape index (κ3) is 5.11. The second-order valence-electron chi connectivity index (χ2n) is 6.81. The van der Waals surface area contributed by atoms with E-state index in [2.05, 4.69) is 0 Å². The summed E-state index contributed by atoms with van der Waals surface area (Å²) < 4.78 is 41.0. The molecular formula is C19H21Cl2FN2O3S2. The van der Waals surface area contributed by atoms with Crippen LogP contribution in [0.2, 0.25) is 9.36 Å². The molecule has 29 heavy (non-hydrogen) atoms. The van der Waals surface area contributed by atoms with Crippen LogP contribution in [0.4, 0.5) is 4.39 Å². The van der Waals surface area contributed by atoms with E-state index in [-0.39, 0.29) is 34.8 Å². The molecule has 1 fully saturated rings. The first-order valence-electron chi connectivity index (χ1n) is 9.20. The lowest BCUT2D eigenvalue weighted by atomic mass is 9.96. The van der Waals surface area contributed by atoms with Gasteiger partial charge in [-0.2, -0.15) is 4.31 Å². The molecule has 1 aliphatic rings. The van der Waals surface area contributed by atoms with Crippen LogP contribution in [0, 0.1) is 11.7 Å². The Bertz CT molecular complexity index is 989. The van der Waals surface area contributed by atoms with Crippen LogP contribution in [0.25, 0.3) is 0 Å². The van der Waals surface area contributed by atoms with Crippen LogP contribution in [0.5, 0.6) is 0 Å². The molecule has 0 bridgehead atoms. The van der Waals surface area contributed by atoms with Crippen LogP contribution in [-0.2, 0) is 21.4 Å².